The van der Waals surface area contributed by atoms with E-state index < -0.39 is 17.5 Å². The zero-order valence-electron chi connectivity index (χ0n) is 17.0. The molecule has 0 aromatic heterocycles. The lowest BCUT2D eigenvalue weighted by molar-refractivity contribution is 0.573. The molecule has 3 aromatic rings. The van der Waals surface area contributed by atoms with Gasteiger partial charge < -0.3 is 0 Å². The van der Waals surface area contributed by atoms with Gasteiger partial charge in [0.25, 0.3) is 0 Å². The Morgan fingerprint density at radius 1 is 0.633 bits per heavy atom. The SMILES string of the molecule is CCCc1cc(F)c(C#Cc2ccc(C#Cc3ccc(CC)cc3)c(F)c2)c(F)c1. The Bertz CT molecular complexity index is 1140. The van der Waals surface area contributed by atoms with Crippen LogP contribution in [0.25, 0.3) is 0 Å². The number of aryl methyl sites for hydroxylation is 2. The molecule has 150 valence electrons. The van der Waals surface area contributed by atoms with Gasteiger partial charge >= 0.3 is 0 Å². The highest BCUT2D eigenvalue weighted by Crippen LogP contribution is 2.16. The Hall–Kier alpha value is -3.43. The molecule has 0 aliphatic heterocycles. The quantitative estimate of drug-likeness (QED) is 0.444. The highest BCUT2D eigenvalue weighted by Gasteiger charge is 2.09. The molecular weight excluding hydrogens is 381 g/mol. The Morgan fingerprint density at radius 3 is 1.87 bits per heavy atom. The van der Waals surface area contributed by atoms with Gasteiger partial charge in [0.05, 0.1) is 11.1 Å². The highest BCUT2D eigenvalue weighted by molar-refractivity contribution is 5.49. The number of hydrogen-bond acceptors (Lipinski definition) is 0. The summed E-state index contributed by atoms with van der Waals surface area (Å²) in [6.07, 6.45) is 2.34. The van der Waals surface area contributed by atoms with Gasteiger partial charge in [0.2, 0.25) is 0 Å². The van der Waals surface area contributed by atoms with E-state index in [1.165, 1.54) is 29.8 Å². The largest absolute Gasteiger partial charge is 0.206 e. The molecule has 0 N–H and O–H groups in total. The Morgan fingerprint density at radius 2 is 1.27 bits per heavy atom. The van der Waals surface area contributed by atoms with Crippen molar-refractivity contribution >= 4 is 0 Å². The van der Waals surface area contributed by atoms with Gasteiger partial charge in [-0.2, -0.15) is 0 Å². The lowest BCUT2D eigenvalue weighted by atomic mass is 10.1. The van der Waals surface area contributed by atoms with Crippen LogP contribution in [-0.4, -0.2) is 0 Å². The van der Waals surface area contributed by atoms with E-state index in [2.05, 4.69) is 30.6 Å². The lowest BCUT2D eigenvalue weighted by Gasteiger charge is -2.02. The van der Waals surface area contributed by atoms with Crippen LogP contribution >= 0.6 is 0 Å². The molecule has 0 spiro atoms. The summed E-state index contributed by atoms with van der Waals surface area (Å²) >= 11 is 0. The van der Waals surface area contributed by atoms with Gasteiger partial charge in [-0.05, 0) is 66.4 Å². The predicted molar refractivity (Wildman–Crippen MR) is 115 cm³/mol. The monoisotopic (exact) mass is 402 g/mol. The number of halogens is 3. The molecule has 0 bridgehead atoms. The summed E-state index contributed by atoms with van der Waals surface area (Å²) in [5.74, 6) is 8.92. The zero-order chi connectivity index (χ0) is 21.5. The Kier molecular flexibility index (Phi) is 6.99. The second-order valence-corrected chi connectivity index (χ2v) is 6.93. The molecule has 0 aliphatic rings. The molecule has 0 saturated heterocycles. The summed E-state index contributed by atoms with van der Waals surface area (Å²) in [5.41, 5.74) is 2.85. The molecule has 0 aliphatic carbocycles. The van der Waals surface area contributed by atoms with Crippen LogP contribution in [0.2, 0.25) is 0 Å². The van der Waals surface area contributed by atoms with E-state index in [1.54, 1.807) is 6.07 Å². The van der Waals surface area contributed by atoms with Crippen molar-refractivity contribution in [2.75, 3.05) is 0 Å². The third-order valence-electron chi connectivity index (χ3n) is 4.65. The first-order valence-corrected chi connectivity index (χ1v) is 9.90. The van der Waals surface area contributed by atoms with Gasteiger partial charge in [-0.25, -0.2) is 13.2 Å². The number of hydrogen-bond donors (Lipinski definition) is 0. The van der Waals surface area contributed by atoms with Crippen molar-refractivity contribution < 1.29 is 13.2 Å². The molecule has 3 heteroatoms. The first-order chi connectivity index (χ1) is 14.5. The summed E-state index contributed by atoms with van der Waals surface area (Å²) in [4.78, 5) is 0. The number of rotatable bonds is 3. The average molecular weight is 402 g/mol. The van der Waals surface area contributed by atoms with E-state index in [-0.39, 0.29) is 11.1 Å². The molecule has 3 aromatic carbocycles. The lowest BCUT2D eigenvalue weighted by Crippen LogP contribution is -1.95. The molecular formula is C27H21F3. The maximum atomic E-state index is 14.4. The minimum atomic E-state index is -0.706. The summed E-state index contributed by atoms with van der Waals surface area (Å²) in [5, 5.41) is 0. The van der Waals surface area contributed by atoms with Crippen LogP contribution < -0.4 is 0 Å². The molecule has 0 fully saturated rings. The molecule has 0 unspecified atom stereocenters. The van der Waals surface area contributed by atoms with E-state index in [1.807, 2.05) is 31.2 Å². The van der Waals surface area contributed by atoms with Crippen LogP contribution in [0, 0.1) is 41.1 Å². The first kappa shape index (κ1) is 21.3. The van der Waals surface area contributed by atoms with Crippen molar-refractivity contribution in [3.63, 3.8) is 0 Å². The molecule has 0 radical (unpaired) electrons. The van der Waals surface area contributed by atoms with E-state index in [9.17, 15) is 13.2 Å². The summed E-state index contributed by atoms with van der Waals surface area (Å²) in [6, 6.07) is 14.7. The van der Waals surface area contributed by atoms with Crippen LogP contribution in [0.15, 0.2) is 54.6 Å². The van der Waals surface area contributed by atoms with Crippen LogP contribution in [0.3, 0.4) is 0 Å². The minimum absolute atomic E-state index is 0.237. The standard InChI is InChI=1S/C27H21F3/c1-3-5-22-17-26(29)24(27(30)18-22)15-12-21-11-14-23(25(28)16-21)13-10-20-8-6-19(4-2)7-9-20/h6-9,11,14,16-18H,3-5H2,1-2H3. The molecule has 0 nitrogen and oxygen atoms in total. The zero-order valence-corrected chi connectivity index (χ0v) is 17.0. The molecule has 0 atom stereocenters. The maximum absolute atomic E-state index is 14.4. The van der Waals surface area contributed by atoms with Crippen molar-refractivity contribution in [1.29, 1.82) is 0 Å². The van der Waals surface area contributed by atoms with Gasteiger partial charge in [-0.3, -0.25) is 0 Å². The van der Waals surface area contributed by atoms with Gasteiger partial charge in [0.1, 0.15) is 17.5 Å². The molecule has 30 heavy (non-hydrogen) atoms. The maximum Gasteiger partial charge on any atom is 0.142 e. The van der Waals surface area contributed by atoms with E-state index in [0.717, 1.165) is 18.4 Å². The van der Waals surface area contributed by atoms with Crippen LogP contribution in [-0.2, 0) is 12.8 Å². The summed E-state index contributed by atoms with van der Waals surface area (Å²) in [7, 11) is 0. The average Bonchev–Trinajstić information content (AvgIpc) is 2.73. The van der Waals surface area contributed by atoms with Crippen molar-refractivity contribution in [3.05, 3.63) is 105 Å². The predicted octanol–water partition coefficient (Wildman–Crippen LogP) is 6.42. The molecule has 3 rings (SSSR count). The fourth-order valence-corrected chi connectivity index (χ4v) is 2.97. The first-order valence-electron chi connectivity index (χ1n) is 9.90. The Labute approximate surface area is 175 Å². The van der Waals surface area contributed by atoms with Crippen LogP contribution in [0.5, 0.6) is 0 Å². The second-order valence-electron chi connectivity index (χ2n) is 6.93. The topological polar surface area (TPSA) is 0 Å². The third-order valence-corrected chi connectivity index (χ3v) is 4.65. The van der Waals surface area contributed by atoms with E-state index >= 15 is 0 Å². The van der Waals surface area contributed by atoms with Crippen molar-refractivity contribution in [3.8, 4) is 23.7 Å². The van der Waals surface area contributed by atoms with Crippen molar-refractivity contribution in [2.45, 2.75) is 33.1 Å². The van der Waals surface area contributed by atoms with Crippen LogP contribution in [0.4, 0.5) is 13.2 Å². The van der Waals surface area contributed by atoms with Gasteiger partial charge in [-0.15, -0.1) is 0 Å². The second kappa shape index (κ2) is 9.86. The smallest absolute Gasteiger partial charge is 0.142 e. The minimum Gasteiger partial charge on any atom is -0.206 e. The highest BCUT2D eigenvalue weighted by atomic mass is 19.1. The van der Waals surface area contributed by atoms with Crippen LogP contribution in [0.1, 0.15) is 53.6 Å². The van der Waals surface area contributed by atoms with E-state index in [0.29, 0.717) is 17.5 Å². The molecule has 0 amide bonds. The molecule has 0 heterocycles. The fraction of sp³-hybridized carbons (Fsp3) is 0.185. The van der Waals surface area contributed by atoms with Gasteiger partial charge in [-0.1, -0.05) is 56.1 Å². The fourth-order valence-electron chi connectivity index (χ4n) is 2.97. The summed E-state index contributed by atoms with van der Waals surface area (Å²) < 4.78 is 42.7. The number of benzene rings is 3. The third kappa shape index (κ3) is 5.34. The molecule has 0 saturated carbocycles. The van der Waals surface area contributed by atoms with Gasteiger partial charge in [0, 0.05) is 11.1 Å². The van der Waals surface area contributed by atoms with E-state index in [4.69, 9.17) is 0 Å². The van der Waals surface area contributed by atoms with Gasteiger partial charge in [0.15, 0.2) is 0 Å². The summed E-state index contributed by atoms with van der Waals surface area (Å²) in [6.45, 7) is 4.01. The van der Waals surface area contributed by atoms with Crippen molar-refractivity contribution in [1.82, 2.24) is 0 Å². The van der Waals surface area contributed by atoms with Crippen molar-refractivity contribution in [2.24, 2.45) is 0 Å². The normalized spacial score (nSPS) is 10.0. The Balaban J connectivity index is 1.81.